The molecule has 0 aromatic carbocycles. The number of hydrogen-bond acceptors (Lipinski definition) is 5. The Morgan fingerprint density at radius 1 is 1.17 bits per heavy atom. The summed E-state index contributed by atoms with van der Waals surface area (Å²) in [6.07, 6.45) is 0.396. The van der Waals surface area contributed by atoms with Crippen molar-refractivity contribution in [2.75, 3.05) is 31.5 Å². The van der Waals surface area contributed by atoms with Crippen LogP contribution in [0.5, 0.6) is 0 Å². The van der Waals surface area contributed by atoms with Crippen LogP contribution in [0.25, 0.3) is 0 Å². The Labute approximate surface area is 117 Å². The first kappa shape index (κ1) is 20.1. The second-order valence-corrected chi connectivity index (χ2v) is 4.40. The first-order valence-electron chi connectivity index (χ1n) is 6.09. The third kappa shape index (κ3) is 24.8. The van der Waals surface area contributed by atoms with Crippen LogP contribution in [0, 0.1) is 0 Å². The van der Waals surface area contributed by atoms with Gasteiger partial charge in [0.05, 0.1) is 6.42 Å². The van der Waals surface area contributed by atoms with Gasteiger partial charge in [-0.05, 0) is 13.0 Å². The molecule has 0 aromatic rings. The number of alkyl halides is 1. The third-order valence-corrected chi connectivity index (χ3v) is 2.56. The number of carboxylic acids is 1. The highest BCUT2D eigenvalue weighted by atomic mass is 79.9. The average molecular weight is 329 g/mol. The molecule has 0 spiro atoms. The van der Waals surface area contributed by atoms with Gasteiger partial charge in [0.2, 0.25) is 0 Å². The summed E-state index contributed by atoms with van der Waals surface area (Å²) >= 11 is 3.25. The maximum absolute atomic E-state index is 10.1. The lowest BCUT2D eigenvalue weighted by Gasteiger charge is -2.06. The number of aliphatic hydroxyl groups excluding tert-OH is 1. The molecule has 0 heterocycles. The number of rotatable bonds is 10. The zero-order chi connectivity index (χ0) is 14.2. The number of aliphatic hydroxyl groups is 2. The van der Waals surface area contributed by atoms with Crippen molar-refractivity contribution in [2.24, 2.45) is 0 Å². The Morgan fingerprint density at radius 3 is 2.06 bits per heavy atom. The van der Waals surface area contributed by atoms with Gasteiger partial charge in [-0.25, -0.2) is 0 Å². The molecule has 5 N–H and O–H groups in total. The van der Waals surface area contributed by atoms with Crippen molar-refractivity contribution in [2.45, 2.75) is 32.5 Å². The monoisotopic (exact) mass is 328 g/mol. The van der Waals surface area contributed by atoms with E-state index in [1.54, 1.807) is 0 Å². The second kappa shape index (κ2) is 16.8. The van der Waals surface area contributed by atoms with Gasteiger partial charge >= 0.3 is 5.97 Å². The molecule has 0 saturated heterocycles. The van der Waals surface area contributed by atoms with Gasteiger partial charge in [-0.1, -0.05) is 22.9 Å². The van der Waals surface area contributed by atoms with E-state index in [1.807, 2.05) is 0 Å². The second-order valence-electron chi connectivity index (χ2n) is 3.60. The summed E-state index contributed by atoms with van der Waals surface area (Å²) in [7, 11) is 0. The summed E-state index contributed by atoms with van der Waals surface area (Å²) in [5, 5.41) is 32.3. The number of carbonyl (C=O) groups is 1. The van der Waals surface area contributed by atoms with Crippen molar-refractivity contribution in [3.8, 4) is 0 Å². The molecule has 0 amide bonds. The first-order valence-corrected chi connectivity index (χ1v) is 7.22. The van der Waals surface area contributed by atoms with Gasteiger partial charge in [-0.3, -0.25) is 4.79 Å². The maximum Gasteiger partial charge on any atom is 0.304 e. The normalized spacial score (nSPS) is 10.1. The molecule has 0 fully saturated rings. The highest BCUT2D eigenvalue weighted by Gasteiger charge is 1.96. The van der Waals surface area contributed by atoms with Gasteiger partial charge < -0.3 is 26.0 Å². The number of aliphatic carboxylic acids is 1. The van der Waals surface area contributed by atoms with E-state index in [2.05, 4.69) is 33.5 Å². The smallest absolute Gasteiger partial charge is 0.304 e. The summed E-state index contributed by atoms with van der Waals surface area (Å²) in [5.41, 5.74) is 0. The van der Waals surface area contributed by atoms with Gasteiger partial charge in [0.25, 0.3) is 0 Å². The van der Waals surface area contributed by atoms with Crippen LogP contribution >= 0.6 is 15.9 Å². The van der Waals surface area contributed by atoms with E-state index >= 15 is 0 Å². The van der Waals surface area contributed by atoms with E-state index in [1.165, 1.54) is 6.42 Å². The molecule has 0 aliphatic rings. The van der Waals surface area contributed by atoms with E-state index in [9.17, 15) is 4.79 Å². The predicted octanol–water partition coefficient (Wildman–Crippen LogP) is 0.132. The Bertz CT molecular complexity index is 180. The first-order chi connectivity index (χ1) is 8.54. The molecule has 0 radical (unpaired) electrons. The molecule has 0 bridgehead atoms. The van der Waals surface area contributed by atoms with Crippen LogP contribution in [0.2, 0.25) is 0 Å². The van der Waals surface area contributed by atoms with E-state index in [-0.39, 0.29) is 6.42 Å². The molecule has 7 heteroatoms. The molecule has 0 rings (SSSR count). The van der Waals surface area contributed by atoms with E-state index in [4.69, 9.17) is 15.3 Å². The summed E-state index contributed by atoms with van der Waals surface area (Å²) < 4.78 is 0. The third-order valence-electron chi connectivity index (χ3n) is 1.76. The maximum atomic E-state index is 10.1. The topological polar surface area (TPSA) is 102 Å². The van der Waals surface area contributed by atoms with Crippen LogP contribution in [0.15, 0.2) is 0 Å². The highest BCUT2D eigenvalue weighted by Crippen LogP contribution is 1.81. The van der Waals surface area contributed by atoms with E-state index in [0.29, 0.717) is 32.6 Å². The Balaban J connectivity index is 0. The van der Waals surface area contributed by atoms with Gasteiger partial charge in [-0.2, -0.15) is 0 Å². The van der Waals surface area contributed by atoms with Crippen molar-refractivity contribution < 1.29 is 20.1 Å². The molecule has 0 atom stereocenters. The molecule has 110 valence electrons. The lowest BCUT2D eigenvalue weighted by atomic mass is 10.4. The molecule has 0 aliphatic heterocycles. The van der Waals surface area contributed by atoms with Crippen molar-refractivity contribution >= 4 is 21.9 Å². The molecule has 0 unspecified atom stereocenters. The van der Waals surface area contributed by atoms with Gasteiger partial charge in [0, 0.05) is 31.4 Å². The minimum absolute atomic E-state index is 0.120. The van der Waals surface area contributed by atoms with Crippen molar-refractivity contribution in [3.05, 3.63) is 0 Å². The summed E-state index contributed by atoms with van der Waals surface area (Å²) in [4.78, 5) is 10.1. The summed E-state index contributed by atoms with van der Waals surface area (Å²) in [6.45, 7) is 4.49. The molecule has 6 nitrogen and oxygen atoms in total. The van der Waals surface area contributed by atoms with Gasteiger partial charge in [-0.15, -0.1) is 0 Å². The summed E-state index contributed by atoms with van der Waals surface area (Å²) in [5.74, 6) is -0.811. The Hall–Kier alpha value is -0.210. The van der Waals surface area contributed by atoms with Crippen LogP contribution in [0.4, 0.5) is 0 Å². The minimum atomic E-state index is -1.26. The predicted molar refractivity (Wildman–Crippen MR) is 74.9 cm³/mol. The molecule has 0 aromatic heterocycles. The summed E-state index contributed by atoms with van der Waals surface area (Å²) in [6, 6.07) is 0. The standard InChI is InChI=1S/C8H18N2O4.C3H7Br/c11-7(12)1-3-9-5-6-10-4-2-8(13)14;1-2-3-4/h7,9-12H,1-6H2,(H,13,14);2-3H2,1H3. The fourth-order valence-electron chi connectivity index (χ4n) is 0.853. The van der Waals surface area contributed by atoms with Crippen LogP contribution in [-0.2, 0) is 4.79 Å². The van der Waals surface area contributed by atoms with Crippen LogP contribution in [0.1, 0.15) is 26.2 Å². The lowest BCUT2D eigenvalue weighted by Crippen LogP contribution is -2.30. The Morgan fingerprint density at radius 2 is 1.67 bits per heavy atom. The fourth-order valence-corrected chi connectivity index (χ4v) is 0.853. The SMILES string of the molecule is CCCBr.O=C(O)CCNCCNCCC(O)O. The molecule has 18 heavy (non-hydrogen) atoms. The largest absolute Gasteiger partial charge is 0.481 e. The number of nitrogens with one attached hydrogen (secondary N) is 2. The molecular formula is C11H25BrN2O4. The molecule has 0 saturated carbocycles. The highest BCUT2D eigenvalue weighted by molar-refractivity contribution is 9.09. The number of carboxylic acid groups (broad SMARTS) is 1. The zero-order valence-corrected chi connectivity index (χ0v) is 12.4. The van der Waals surface area contributed by atoms with Crippen LogP contribution in [0.3, 0.4) is 0 Å². The van der Waals surface area contributed by atoms with Gasteiger partial charge in [0.1, 0.15) is 0 Å². The van der Waals surface area contributed by atoms with E-state index < -0.39 is 12.3 Å². The van der Waals surface area contributed by atoms with Crippen molar-refractivity contribution in [1.29, 1.82) is 0 Å². The molecular weight excluding hydrogens is 304 g/mol. The van der Waals surface area contributed by atoms with Crippen LogP contribution in [-0.4, -0.2) is 59.1 Å². The molecule has 0 aliphatic carbocycles. The fraction of sp³-hybridized carbons (Fsp3) is 0.909. The lowest BCUT2D eigenvalue weighted by molar-refractivity contribution is -0.136. The number of hydrogen-bond donors (Lipinski definition) is 5. The van der Waals surface area contributed by atoms with Crippen LogP contribution < -0.4 is 10.6 Å². The van der Waals surface area contributed by atoms with Crippen molar-refractivity contribution in [1.82, 2.24) is 10.6 Å². The zero-order valence-electron chi connectivity index (χ0n) is 10.9. The minimum Gasteiger partial charge on any atom is -0.481 e. The van der Waals surface area contributed by atoms with Crippen molar-refractivity contribution in [3.63, 3.8) is 0 Å². The van der Waals surface area contributed by atoms with Gasteiger partial charge in [0.15, 0.2) is 6.29 Å². The Kier molecular flexibility index (Phi) is 18.8. The quantitative estimate of drug-likeness (QED) is 0.222. The number of halogens is 1. The van der Waals surface area contributed by atoms with E-state index in [0.717, 1.165) is 5.33 Å². The average Bonchev–Trinajstić information content (AvgIpc) is 2.32.